The second-order valence-electron chi connectivity index (χ2n) is 3.57. The standard InChI is InChI=1S/C13H16O5/c1-2-17-13(16)8-4-10(15)3-5-11-6-7-12(9-14)18-11/h3,5-7,14H,2,4,8-9H2,1H3/b5-3+. The zero-order valence-corrected chi connectivity index (χ0v) is 10.2. The van der Waals surface area contributed by atoms with Gasteiger partial charge in [0.1, 0.15) is 18.1 Å². The quantitative estimate of drug-likeness (QED) is 0.590. The van der Waals surface area contributed by atoms with E-state index < -0.39 is 0 Å². The molecule has 18 heavy (non-hydrogen) atoms. The molecule has 0 aliphatic heterocycles. The topological polar surface area (TPSA) is 76.7 Å². The van der Waals surface area contributed by atoms with E-state index in [1.807, 2.05) is 0 Å². The fourth-order valence-corrected chi connectivity index (χ4v) is 1.29. The van der Waals surface area contributed by atoms with Gasteiger partial charge in [0.15, 0.2) is 5.78 Å². The zero-order chi connectivity index (χ0) is 13.4. The van der Waals surface area contributed by atoms with Crippen molar-refractivity contribution in [3.63, 3.8) is 0 Å². The van der Waals surface area contributed by atoms with Crippen LogP contribution in [0.1, 0.15) is 31.3 Å². The highest BCUT2D eigenvalue weighted by Crippen LogP contribution is 2.09. The molecule has 0 fully saturated rings. The number of hydrogen-bond acceptors (Lipinski definition) is 5. The molecule has 0 spiro atoms. The molecule has 1 aromatic rings. The van der Waals surface area contributed by atoms with Crippen LogP contribution in [-0.4, -0.2) is 23.5 Å². The molecule has 0 unspecified atom stereocenters. The monoisotopic (exact) mass is 252 g/mol. The highest BCUT2D eigenvalue weighted by Gasteiger charge is 2.05. The van der Waals surface area contributed by atoms with Crippen molar-refractivity contribution in [3.05, 3.63) is 29.7 Å². The molecule has 0 saturated carbocycles. The largest absolute Gasteiger partial charge is 0.466 e. The molecule has 1 aromatic heterocycles. The molecule has 0 amide bonds. The second-order valence-corrected chi connectivity index (χ2v) is 3.57. The minimum Gasteiger partial charge on any atom is -0.466 e. The molecule has 0 radical (unpaired) electrons. The summed E-state index contributed by atoms with van der Waals surface area (Å²) in [6.07, 6.45) is 3.05. The molecule has 98 valence electrons. The number of aliphatic hydroxyl groups excluding tert-OH is 1. The first kappa shape index (κ1) is 14.2. The Morgan fingerprint density at radius 2 is 2.17 bits per heavy atom. The van der Waals surface area contributed by atoms with Gasteiger partial charge in [0.05, 0.1) is 13.0 Å². The minimum atomic E-state index is -0.375. The van der Waals surface area contributed by atoms with E-state index in [1.165, 1.54) is 12.2 Å². The van der Waals surface area contributed by atoms with Gasteiger partial charge in [-0.1, -0.05) is 0 Å². The third-order valence-corrected chi connectivity index (χ3v) is 2.15. The molecule has 1 heterocycles. The van der Waals surface area contributed by atoms with Crippen LogP contribution in [-0.2, 0) is 20.9 Å². The summed E-state index contributed by atoms with van der Waals surface area (Å²) in [5.74, 6) is 0.377. The van der Waals surface area contributed by atoms with Crippen molar-refractivity contribution in [2.45, 2.75) is 26.4 Å². The van der Waals surface area contributed by atoms with Crippen molar-refractivity contribution in [2.75, 3.05) is 6.61 Å². The molecular weight excluding hydrogens is 236 g/mol. The van der Waals surface area contributed by atoms with Crippen molar-refractivity contribution >= 4 is 17.8 Å². The van der Waals surface area contributed by atoms with Crippen molar-refractivity contribution in [2.24, 2.45) is 0 Å². The van der Waals surface area contributed by atoms with E-state index in [1.54, 1.807) is 19.1 Å². The Kier molecular flexibility index (Phi) is 5.87. The molecule has 0 aliphatic rings. The van der Waals surface area contributed by atoms with Gasteiger partial charge in [0.2, 0.25) is 0 Å². The van der Waals surface area contributed by atoms with E-state index >= 15 is 0 Å². The smallest absolute Gasteiger partial charge is 0.306 e. The summed E-state index contributed by atoms with van der Waals surface area (Å²) in [7, 11) is 0. The lowest BCUT2D eigenvalue weighted by atomic mass is 10.2. The van der Waals surface area contributed by atoms with Gasteiger partial charge in [-0.2, -0.15) is 0 Å². The highest BCUT2D eigenvalue weighted by molar-refractivity contribution is 5.94. The SMILES string of the molecule is CCOC(=O)CCC(=O)/C=C/c1ccc(CO)o1. The van der Waals surface area contributed by atoms with E-state index in [9.17, 15) is 9.59 Å². The van der Waals surface area contributed by atoms with Crippen molar-refractivity contribution in [3.8, 4) is 0 Å². The van der Waals surface area contributed by atoms with Crippen LogP contribution in [0.3, 0.4) is 0 Å². The van der Waals surface area contributed by atoms with E-state index in [-0.39, 0.29) is 31.2 Å². The summed E-state index contributed by atoms with van der Waals surface area (Å²) in [5, 5.41) is 8.79. The van der Waals surface area contributed by atoms with E-state index in [0.29, 0.717) is 18.1 Å². The number of ether oxygens (including phenoxy) is 1. The Morgan fingerprint density at radius 1 is 1.39 bits per heavy atom. The predicted molar refractivity (Wildman–Crippen MR) is 64.5 cm³/mol. The number of ketones is 1. The van der Waals surface area contributed by atoms with Crippen LogP contribution in [0.2, 0.25) is 0 Å². The molecule has 0 atom stereocenters. The maximum Gasteiger partial charge on any atom is 0.306 e. The third kappa shape index (κ3) is 4.97. The predicted octanol–water partition coefficient (Wildman–Crippen LogP) is 1.70. The molecule has 0 saturated heterocycles. The highest BCUT2D eigenvalue weighted by atomic mass is 16.5. The molecule has 5 heteroatoms. The van der Waals surface area contributed by atoms with Crippen LogP contribution < -0.4 is 0 Å². The summed E-state index contributed by atoms with van der Waals surface area (Å²) in [6.45, 7) is 1.86. The van der Waals surface area contributed by atoms with Crippen molar-refractivity contribution < 1.29 is 23.8 Å². The average molecular weight is 252 g/mol. The Hall–Kier alpha value is -1.88. The number of allylic oxidation sites excluding steroid dienone is 1. The maximum atomic E-state index is 11.4. The molecule has 0 aliphatic carbocycles. The lowest BCUT2D eigenvalue weighted by Gasteiger charge is -1.98. The fourth-order valence-electron chi connectivity index (χ4n) is 1.29. The number of carbonyl (C=O) groups is 2. The first-order valence-corrected chi connectivity index (χ1v) is 5.71. The van der Waals surface area contributed by atoms with Gasteiger partial charge in [0.25, 0.3) is 0 Å². The number of esters is 1. The summed E-state index contributed by atoms with van der Waals surface area (Å²) in [5.41, 5.74) is 0. The molecule has 1 rings (SSSR count). The number of rotatable bonds is 7. The Labute approximate surface area is 105 Å². The van der Waals surface area contributed by atoms with Crippen LogP contribution in [0.15, 0.2) is 22.6 Å². The van der Waals surface area contributed by atoms with Gasteiger partial charge in [0, 0.05) is 6.42 Å². The summed E-state index contributed by atoms with van der Waals surface area (Å²) in [6, 6.07) is 3.28. The summed E-state index contributed by atoms with van der Waals surface area (Å²) < 4.78 is 9.88. The van der Waals surface area contributed by atoms with Crippen molar-refractivity contribution in [1.29, 1.82) is 0 Å². The molecular formula is C13H16O5. The second kappa shape index (κ2) is 7.45. The first-order valence-electron chi connectivity index (χ1n) is 5.71. The lowest BCUT2D eigenvalue weighted by Crippen LogP contribution is -2.06. The van der Waals surface area contributed by atoms with Crippen molar-refractivity contribution in [1.82, 2.24) is 0 Å². The van der Waals surface area contributed by atoms with Gasteiger partial charge in [-0.15, -0.1) is 0 Å². The van der Waals surface area contributed by atoms with Crippen LogP contribution in [0.5, 0.6) is 0 Å². The van der Waals surface area contributed by atoms with Crippen LogP contribution in [0.4, 0.5) is 0 Å². The van der Waals surface area contributed by atoms with Crippen LogP contribution in [0, 0.1) is 0 Å². The van der Waals surface area contributed by atoms with E-state index in [2.05, 4.69) is 0 Å². The van der Waals surface area contributed by atoms with Gasteiger partial charge in [-0.05, 0) is 31.2 Å². The minimum absolute atomic E-state index is 0.0804. The van der Waals surface area contributed by atoms with Crippen LogP contribution in [0.25, 0.3) is 6.08 Å². The van der Waals surface area contributed by atoms with Crippen LogP contribution >= 0.6 is 0 Å². The Balaban J connectivity index is 2.37. The first-order chi connectivity index (χ1) is 8.65. The fraction of sp³-hybridized carbons (Fsp3) is 0.385. The zero-order valence-electron chi connectivity index (χ0n) is 10.2. The Morgan fingerprint density at radius 3 is 2.78 bits per heavy atom. The number of carbonyl (C=O) groups excluding carboxylic acids is 2. The lowest BCUT2D eigenvalue weighted by molar-refractivity contribution is -0.144. The van der Waals surface area contributed by atoms with Gasteiger partial charge >= 0.3 is 5.97 Å². The van der Waals surface area contributed by atoms with E-state index in [4.69, 9.17) is 14.3 Å². The summed E-state index contributed by atoms with van der Waals surface area (Å²) in [4.78, 5) is 22.4. The molecule has 0 aromatic carbocycles. The molecule has 0 bridgehead atoms. The average Bonchev–Trinajstić information content (AvgIpc) is 2.82. The van der Waals surface area contributed by atoms with Gasteiger partial charge in [-0.25, -0.2) is 0 Å². The molecule has 5 nitrogen and oxygen atoms in total. The Bertz CT molecular complexity index is 430. The third-order valence-electron chi connectivity index (χ3n) is 2.15. The number of hydrogen-bond donors (Lipinski definition) is 1. The molecule has 1 N–H and O–H groups in total. The maximum absolute atomic E-state index is 11.4. The number of furan rings is 1. The van der Waals surface area contributed by atoms with Gasteiger partial charge < -0.3 is 14.3 Å². The van der Waals surface area contributed by atoms with E-state index in [0.717, 1.165) is 0 Å². The summed E-state index contributed by atoms with van der Waals surface area (Å²) >= 11 is 0. The van der Waals surface area contributed by atoms with Gasteiger partial charge in [-0.3, -0.25) is 9.59 Å². The normalized spacial score (nSPS) is 10.8. The number of aliphatic hydroxyl groups is 1.